The van der Waals surface area contributed by atoms with Crippen LogP contribution in [0.3, 0.4) is 0 Å². The van der Waals surface area contributed by atoms with Gasteiger partial charge in [-0.3, -0.25) is 0 Å². The maximum atomic E-state index is 8.67. The molecule has 0 amide bonds. The molecule has 1 atom stereocenters. The fourth-order valence-corrected chi connectivity index (χ4v) is 2.07. The van der Waals surface area contributed by atoms with Gasteiger partial charge in [0.05, 0.1) is 6.54 Å². The Bertz CT molecular complexity index is 390. The first-order chi connectivity index (χ1) is 9.19. The molecule has 0 aliphatic carbocycles. The van der Waals surface area contributed by atoms with Gasteiger partial charge in [0.1, 0.15) is 11.8 Å². The van der Waals surface area contributed by atoms with E-state index in [0.717, 1.165) is 25.3 Å². The van der Waals surface area contributed by atoms with E-state index in [1.165, 1.54) is 13.0 Å². The van der Waals surface area contributed by atoms with Crippen LogP contribution in [0.1, 0.15) is 45.1 Å². The van der Waals surface area contributed by atoms with Crippen LogP contribution in [-0.2, 0) is 6.54 Å². The summed E-state index contributed by atoms with van der Waals surface area (Å²) in [5, 5.41) is 12.1. The quantitative estimate of drug-likeness (QED) is 0.744. The number of nitrogens with one attached hydrogen (secondary N) is 1. The first-order valence-electron chi connectivity index (χ1n) is 7.14. The van der Waals surface area contributed by atoms with Gasteiger partial charge in [0.25, 0.3) is 0 Å². The van der Waals surface area contributed by atoms with E-state index in [9.17, 15) is 0 Å². The minimum atomic E-state index is 0.381. The molecule has 19 heavy (non-hydrogen) atoms. The Balaban J connectivity index is 2.17. The van der Waals surface area contributed by atoms with E-state index < -0.39 is 0 Å². The lowest BCUT2D eigenvalue weighted by atomic mass is 10.1. The van der Waals surface area contributed by atoms with Crippen molar-refractivity contribution >= 4 is 0 Å². The third-order valence-electron chi connectivity index (χ3n) is 3.40. The predicted octanol–water partition coefficient (Wildman–Crippen LogP) is 2.75. The molecule has 4 nitrogen and oxygen atoms in total. The van der Waals surface area contributed by atoms with Crippen LogP contribution >= 0.6 is 0 Å². The van der Waals surface area contributed by atoms with Gasteiger partial charge in [0.15, 0.2) is 0 Å². The van der Waals surface area contributed by atoms with Gasteiger partial charge in [-0.05, 0) is 51.5 Å². The molecule has 0 fully saturated rings. The Morgan fingerprint density at radius 3 is 2.68 bits per heavy atom. The first-order valence-corrected chi connectivity index (χ1v) is 7.14. The van der Waals surface area contributed by atoms with Crippen molar-refractivity contribution in [3.05, 3.63) is 23.7 Å². The van der Waals surface area contributed by atoms with Crippen LogP contribution in [0, 0.1) is 11.3 Å². The average Bonchev–Trinajstić information content (AvgIpc) is 2.89. The highest BCUT2D eigenvalue weighted by Crippen LogP contribution is 2.07. The molecule has 1 heterocycles. The van der Waals surface area contributed by atoms with E-state index in [-0.39, 0.29) is 0 Å². The third-order valence-corrected chi connectivity index (χ3v) is 3.40. The Morgan fingerprint density at radius 1 is 1.37 bits per heavy atom. The van der Waals surface area contributed by atoms with Crippen molar-refractivity contribution in [1.29, 1.82) is 5.26 Å². The normalized spacial score (nSPS) is 12.6. The first kappa shape index (κ1) is 15.7. The molecular weight excluding hydrogens is 238 g/mol. The van der Waals surface area contributed by atoms with Crippen molar-refractivity contribution in [1.82, 2.24) is 10.2 Å². The molecule has 106 valence electrons. The molecule has 0 bridgehead atoms. The Kier molecular flexibility index (Phi) is 7.24. The minimum Gasteiger partial charge on any atom is -0.449 e. The fourth-order valence-electron chi connectivity index (χ4n) is 2.07. The van der Waals surface area contributed by atoms with E-state index in [4.69, 9.17) is 9.68 Å². The van der Waals surface area contributed by atoms with Gasteiger partial charge < -0.3 is 14.6 Å². The number of hydrogen-bond acceptors (Lipinski definition) is 4. The second-order valence-electron chi connectivity index (χ2n) is 4.83. The highest BCUT2D eigenvalue weighted by Gasteiger charge is 2.06. The molecular formula is C15H25N3O. The number of furan rings is 1. The van der Waals surface area contributed by atoms with Gasteiger partial charge in [0.2, 0.25) is 5.76 Å². The second-order valence-corrected chi connectivity index (χ2v) is 4.83. The summed E-state index contributed by atoms with van der Waals surface area (Å²) >= 11 is 0. The number of nitrogens with zero attached hydrogens (tertiary/aromatic N) is 2. The van der Waals surface area contributed by atoms with Crippen LogP contribution in [-0.4, -0.2) is 30.6 Å². The van der Waals surface area contributed by atoms with Crippen LogP contribution in [0.15, 0.2) is 16.5 Å². The lowest BCUT2D eigenvalue weighted by Gasteiger charge is -2.19. The monoisotopic (exact) mass is 263 g/mol. The zero-order valence-corrected chi connectivity index (χ0v) is 12.3. The zero-order chi connectivity index (χ0) is 14.1. The minimum absolute atomic E-state index is 0.381. The standard InChI is InChI=1S/C15H25N3O/c1-4-18(5-2)10-6-7-13(3)17-12-15-9-8-14(11-16)19-15/h8-9,13,17H,4-7,10,12H2,1-3H3. The van der Waals surface area contributed by atoms with Crippen molar-refractivity contribution in [2.45, 2.75) is 46.2 Å². The molecule has 0 aromatic carbocycles. The molecule has 0 radical (unpaired) electrons. The maximum Gasteiger partial charge on any atom is 0.203 e. The van der Waals surface area contributed by atoms with Crippen molar-refractivity contribution in [3.8, 4) is 6.07 Å². The highest BCUT2D eigenvalue weighted by atomic mass is 16.3. The van der Waals surface area contributed by atoms with E-state index >= 15 is 0 Å². The van der Waals surface area contributed by atoms with E-state index in [2.05, 4.69) is 31.0 Å². The summed E-state index contributed by atoms with van der Waals surface area (Å²) in [5.74, 6) is 1.21. The molecule has 0 saturated carbocycles. The fraction of sp³-hybridized carbons (Fsp3) is 0.667. The Hall–Kier alpha value is -1.31. The van der Waals surface area contributed by atoms with Crippen LogP contribution in [0.2, 0.25) is 0 Å². The number of hydrogen-bond donors (Lipinski definition) is 1. The maximum absolute atomic E-state index is 8.67. The largest absolute Gasteiger partial charge is 0.449 e. The Labute approximate surface area is 116 Å². The second kappa shape index (κ2) is 8.73. The molecule has 4 heteroatoms. The van der Waals surface area contributed by atoms with Crippen LogP contribution < -0.4 is 5.32 Å². The summed E-state index contributed by atoms with van der Waals surface area (Å²) in [7, 11) is 0. The molecule has 0 spiro atoms. The average molecular weight is 263 g/mol. The SMILES string of the molecule is CCN(CC)CCCC(C)NCc1ccc(C#N)o1. The summed E-state index contributed by atoms with van der Waals surface area (Å²) < 4.78 is 5.33. The van der Waals surface area contributed by atoms with Gasteiger partial charge >= 0.3 is 0 Å². The highest BCUT2D eigenvalue weighted by molar-refractivity contribution is 5.18. The summed E-state index contributed by atoms with van der Waals surface area (Å²) in [6.07, 6.45) is 2.36. The summed E-state index contributed by atoms with van der Waals surface area (Å²) in [4.78, 5) is 2.44. The molecule has 1 N–H and O–H groups in total. The molecule has 0 saturated heterocycles. The van der Waals surface area contributed by atoms with Gasteiger partial charge in [-0.15, -0.1) is 0 Å². The number of rotatable bonds is 9. The molecule has 0 aliphatic heterocycles. The molecule has 1 unspecified atom stereocenters. The van der Waals surface area contributed by atoms with Crippen molar-refractivity contribution in [2.75, 3.05) is 19.6 Å². The van der Waals surface area contributed by atoms with Crippen molar-refractivity contribution in [2.24, 2.45) is 0 Å². The van der Waals surface area contributed by atoms with Crippen LogP contribution in [0.4, 0.5) is 0 Å². The zero-order valence-electron chi connectivity index (χ0n) is 12.3. The lowest BCUT2D eigenvalue weighted by molar-refractivity contribution is 0.289. The van der Waals surface area contributed by atoms with Crippen LogP contribution in [0.25, 0.3) is 0 Å². The predicted molar refractivity (Wildman–Crippen MR) is 76.7 cm³/mol. The Morgan fingerprint density at radius 2 is 2.11 bits per heavy atom. The van der Waals surface area contributed by atoms with E-state index in [1.807, 2.05) is 12.1 Å². The van der Waals surface area contributed by atoms with Gasteiger partial charge in [-0.2, -0.15) is 5.26 Å². The van der Waals surface area contributed by atoms with Gasteiger partial charge in [0, 0.05) is 6.04 Å². The molecule has 1 aromatic heterocycles. The van der Waals surface area contributed by atoms with E-state index in [0.29, 0.717) is 18.3 Å². The van der Waals surface area contributed by atoms with Gasteiger partial charge in [-0.25, -0.2) is 0 Å². The topological polar surface area (TPSA) is 52.2 Å². The smallest absolute Gasteiger partial charge is 0.203 e. The van der Waals surface area contributed by atoms with E-state index in [1.54, 1.807) is 6.07 Å². The van der Waals surface area contributed by atoms with Crippen molar-refractivity contribution in [3.63, 3.8) is 0 Å². The van der Waals surface area contributed by atoms with Crippen molar-refractivity contribution < 1.29 is 4.42 Å². The summed E-state index contributed by atoms with van der Waals surface area (Å²) in [6, 6.07) is 6.02. The lowest BCUT2D eigenvalue weighted by Crippen LogP contribution is -2.28. The number of nitriles is 1. The van der Waals surface area contributed by atoms with Gasteiger partial charge in [-0.1, -0.05) is 13.8 Å². The summed E-state index contributed by atoms with van der Waals surface area (Å²) in [5.41, 5.74) is 0. The summed E-state index contributed by atoms with van der Waals surface area (Å²) in [6.45, 7) is 10.7. The molecule has 0 aliphatic rings. The van der Waals surface area contributed by atoms with Crippen LogP contribution in [0.5, 0.6) is 0 Å². The third kappa shape index (κ3) is 5.91. The molecule has 1 rings (SSSR count). The molecule has 1 aromatic rings.